The number of rotatable bonds is 2. The van der Waals surface area contributed by atoms with E-state index in [2.05, 4.69) is 0 Å². The van der Waals surface area contributed by atoms with E-state index in [1.807, 2.05) is 20.8 Å². The van der Waals surface area contributed by atoms with Crippen molar-refractivity contribution in [3.63, 3.8) is 0 Å². The van der Waals surface area contributed by atoms with Crippen LogP contribution >= 0.6 is 12.4 Å². The lowest BCUT2D eigenvalue weighted by Crippen LogP contribution is -2.49. The first-order valence-electron chi connectivity index (χ1n) is 4.01. The predicted octanol–water partition coefficient (Wildman–Crippen LogP) is 1.53. The number of nitrogens with two attached hydrogens (primary N) is 1. The van der Waals surface area contributed by atoms with Crippen molar-refractivity contribution in [3.05, 3.63) is 0 Å². The van der Waals surface area contributed by atoms with Crippen molar-refractivity contribution in [3.8, 4) is 0 Å². The van der Waals surface area contributed by atoms with Crippen LogP contribution in [0.5, 0.6) is 0 Å². The van der Waals surface area contributed by atoms with Gasteiger partial charge in [-0.3, -0.25) is 0 Å². The van der Waals surface area contributed by atoms with Gasteiger partial charge in [-0.05, 0) is 27.7 Å². The van der Waals surface area contributed by atoms with Gasteiger partial charge in [-0.25, -0.2) is 4.79 Å². The first-order valence-corrected chi connectivity index (χ1v) is 4.01. The van der Waals surface area contributed by atoms with Gasteiger partial charge in [-0.2, -0.15) is 0 Å². The van der Waals surface area contributed by atoms with E-state index in [9.17, 15) is 4.79 Å². The van der Waals surface area contributed by atoms with Gasteiger partial charge in [-0.15, -0.1) is 12.4 Å². The fraction of sp³-hybridized carbons (Fsp3) is 0.875. The fourth-order valence-corrected chi connectivity index (χ4v) is 0.927. The molecule has 0 bridgehead atoms. The number of carboxylic acid groups (broad SMARTS) is 1. The second-order valence-corrected chi connectivity index (χ2v) is 4.04. The SMILES string of the molecule is CC(N)CN(C(=O)O)C(C)(C)C.Cl. The molecule has 0 aliphatic carbocycles. The zero-order valence-electron chi connectivity index (χ0n) is 8.57. The number of nitrogens with zero attached hydrogens (tertiary/aromatic N) is 1. The van der Waals surface area contributed by atoms with Gasteiger partial charge < -0.3 is 15.7 Å². The minimum absolute atomic E-state index is 0. The Kier molecular flexibility index (Phi) is 6.11. The molecule has 0 aromatic carbocycles. The molecule has 0 rings (SSSR count). The highest BCUT2D eigenvalue weighted by atomic mass is 35.5. The van der Waals surface area contributed by atoms with Crippen LogP contribution in [0.1, 0.15) is 27.7 Å². The molecule has 1 unspecified atom stereocenters. The predicted molar refractivity (Wildman–Crippen MR) is 55.4 cm³/mol. The zero-order chi connectivity index (χ0) is 9.94. The molecule has 80 valence electrons. The largest absolute Gasteiger partial charge is 0.465 e. The van der Waals surface area contributed by atoms with Crippen LogP contribution in [-0.4, -0.2) is 34.2 Å². The van der Waals surface area contributed by atoms with E-state index in [0.717, 1.165) is 0 Å². The Morgan fingerprint density at radius 2 is 1.92 bits per heavy atom. The maximum Gasteiger partial charge on any atom is 0.407 e. The number of hydrogen-bond donors (Lipinski definition) is 2. The highest BCUT2D eigenvalue weighted by Crippen LogP contribution is 2.13. The van der Waals surface area contributed by atoms with E-state index < -0.39 is 6.09 Å². The molecule has 0 fully saturated rings. The van der Waals surface area contributed by atoms with Gasteiger partial charge >= 0.3 is 6.09 Å². The average molecular weight is 211 g/mol. The lowest BCUT2D eigenvalue weighted by Gasteiger charge is -2.34. The molecular weight excluding hydrogens is 192 g/mol. The number of amides is 1. The van der Waals surface area contributed by atoms with Crippen molar-refractivity contribution in [2.45, 2.75) is 39.3 Å². The second-order valence-electron chi connectivity index (χ2n) is 4.04. The minimum atomic E-state index is -0.917. The van der Waals surface area contributed by atoms with Crippen molar-refractivity contribution in [1.29, 1.82) is 0 Å². The Hall–Kier alpha value is -0.480. The molecule has 0 saturated carbocycles. The van der Waals surface area contributed by atoms with Gasteiger partial charge in [0.05, 0.1) is 0 Å². The Labute approximate surface area is 85.5 Å². The lowest BCUT2D eigenvalue weighted by atomic mass is 10.1. The van der Waals surface area contributed by atoms with Crippen LogP contribution in [-0.2, 0) is 0 Å². The minimum Gasteiger partial charge on any atom is -0.465 e. The van der Waals surface area contributed by atoms with Gasteiger partial charge in [0.1, 0.15) is 0 Å². The summed E-state index contributed by atoms with van der Waals surface area (Å²) >= 11 is 0. The van der Waals surface area contributed by atoms with Crippen LogP contribution in [0, 0.1) is 0 Å². The third kappa shape index (κ3) is 5.71. The summed E-state index contributed by atoms with van der Waals surface area (Å²) in [4.78, 5) is 12.1. The smallest absolute Gasteiger partial charge is 0.407 e. The molecule has 0 aliphatic rings. The molecule has 0 aromatic heterocycles. The van der Waals surface area contributed by atoms with Crippen LogP contribution in [0.4, 0.5) is 4.79 Å². The van der Waals surface area contributed by atoms with E-state index >= 15 is 0 Å². The highest BCUT2D eigenvalue weighted by molar-refractivity contribution is 5.85. The number of halogens is 1. The molecule has 0 aromatic rings. The van der Waals surface area contributed by atoms with Gasteiger partial charge in [-0.1, -0.05) is 0 Å². The second kappa shape index (κ2) is 5.29. The van der Waals surface area contributed by atoms with Gasteiger partial charge in [0, 0.05) is 18.1 Å². The third-order valence-corrected chi connectivity index (χ3v) is 1.51. The van der Waals surface area contributed by atoms with Crippen molar-refractivity contribution >= 4 is 18.5 Å². The van der Waals surface area contributed by atoms with Crippen LogP contribution in [0.3, 0.4) is 0 Å². The summed E-state index contributed by atoms with van der Waals surface area (Å²) in [6, 6.07) is -0.125. The summed E-state index contributed by atoms with van der Waals surface area (Å²) in [5, 5.41) is 8.83. The summed E-state index contributed by atoms with van der Waals surface area (Å²) in [7, 11) is 0. The monoisotopic (exact) mass is 210 g/mol. The molecule has 1 atom stereocenters. The Bertz CT molecular complexity index is 166. The Morgan fingerprint density at radius 1 is 1.54 bits per heavy atom. The summed E-state index contributed by atoms with van der Waals surface area (Å²) in [5.41, 5.74) is 5.15. The highest BCUT2D eigenvalue weighted by Gasteiger charge is 2.26. The molecule has 13 heavy (non-hydrogen) atoms. The van der Waals surface area contributed by atoms with Crippen LogP contribution in [0.15, 0.2) is 0 Å². The molecule has 3 N–H and O–H groups in total. The Balaban J connectivity index is 0. The van der Waals surface area contributed by atoms with Crippen molar-refractivity contribution in [2.75, 3.05) is 6.54 Å². The van der Waals surface area contributed by atoms with E-state index in [0.29, 0.717) is 6.54 Å². The average Bonchev–Trinajstić information content (AvgIpc) is 1.79. The van der Waals surface area contributed by atoms with Crippen LogP contribution < -0.4 is 5.73 Å². The van der Waals surface area contributed by atoms with Crippen LogP contribution in [0.2, 0.25) is 0 Å². The van der Waals surface area contributed by atoms with E-state index in [4.69, 9.17) is 10.8 Å². The normalized spacial score (nSPS) is 13.0. The first-order chi connectivity index (χ1) is 5.25. The van der Waals surface area contributed by atoms with Gasteiger partial charge in [0.2, 0.25) is 0 Å². The van der Waals surface area contributed by atoms with Gasteiger partial charge in [0.25, 0.3) is 0 Å². The lowest BCUT2D eigenvalue weighted by molar-refractivity contribution is 0.0972. The zero-order valence-corrected chi connectivity index (χ0v) is 9.39. The number of hydrogen-bond acceptors (Lipinski definition) is 2. The summed E-state index contributed by atoms with van der Waals surface area (Å²) in [6.45, 7) is 7.72. The maximum atomic E-state index is 10.8. The quantitative estimate of drug-likeness (QED) is 0.727. The van der Waals surface area contributed by atoms with Crippen molar-refractivity contribution in [1.82, 2.24) is 4.90 Å². The topological polar surface area (TPSA) is 66.6 Å². The van der Waals surface area contributed by atoms with Crippen molar-refractivity contribution in [2.24, 2.45) is 5.73 Å². The van der Waals surface area contributed by atoms with Crippen molar-refractivity contribution < 1.29 is 9.90 Å². The van der Waals surface area contributed by atoms with Gasteiger partial charge in [0.15, 0.2) is 0 Å². The molecule has 0 aliphatic heterocycles. The molecule has 0 radical (unpaired) electrons. The molecule has 4 nitrogen and oxygen atoms in total. The standard InChI is InChI=1S/C8H18N2O2.ClH/c1-6(9)5-10(7(11)12)8(2,3)4;/h6H,5,9H2,1-4H3,(H,11,12);1H. The fourth-order valence-electron chi connectivity index (χ4n) is 0.927. The number of carbonyl (C=O) groups is 1. The molecule has 1 amide bonds. The van der Waals surface area contributed by atoms with E-state index in [-0.39, 0.29) is 24.0 Å². The third-order valence-electron chi connectivity index (χ3n) is 1.51. The maximum absolute atomic E-state index is 10.8. The summed E-state index contributed by atoms with van der Waals surface area (Å²) in [5.74, 6) is 0. The molecule has 0 saturated heterocycles. The summed E-state index contributed by atoms with van der Waals surface area (Å²) < 4.78 is 0. The van der Waals surface area contributed by atoms with E-state index in [1.54, 1.807) is 6.92 Å². The molecule has 5 heteroatoms. The molecule has 0 spiro atoms. The van der Waals surface area contributed by atoms with Crippen LogP contribution in [0.25, 0.3) is 0 Å². The first kappa shape index (κ1) is 15.0. The molecular formula is C8H19ClN2O2. The summed E-state index contributed by atoms with van der Waals surface area (Å²) in [6.07, 6.45) is -0.917. The Morgan fingerprint density at radius 3 is 2.00 bits per heavy atom. The van der Waals surface area contributed by atoms with E-state index in [1.165, 1.54) is 4.90 Å². The molecule has 0 heterocycles.